The summed E-state index contributed by atoms with van der Waals surface area (Å²) in [5, 5.41) is 0. The lowest BCUT2D eigenvalue weighted by Crippen LogP contribution is -1.88. The molecular formula is C14H18O2. The molecule has 2 heteroatoms. The quantitative estimate of drug-likeness (QED) is 0.757. The van der Waals surface area contributed by atoms with Crippen molar-refractivity contribution in [3.05, 3.63) is 35.4 Å². The van der Waals surface area contributed by atoms with Crippen LogP contribution in [0.15, 0.2) is 24.3 Å². The minimum atomic E-state index is 0.223. The molecule has 1 rings (SSSR count). The number of Topliss-reactive ketones (excluding diaryl/α,β-unsaturated/α-hetero) is 1. The van der Waals surface area contributed by atoms with Crippen molar-refractivity contribution in [3.63, 3.8) is 0 Å². The molecule has 0 N–H and O–H groups in total. The van der Waals surface area contributed by atoms with Crippen LogP contribution in [0.2, 0.25) is 0 Å². The van der Waals surface area contributed by atoms with Gasteiger partial charge in [-0.1, -0.05) is 23.8 Å². The van der Waals surface area contributed by atoms with E-state index in [1.54, 1.807) is 14.0 Å². The molecule has 0 heterocycles. The lowest BCUT2D eigenvalue weighted by Gasteiger charge is -2.05. The average Bonchev–Trinajstić information content (AvgIpc) is 2.24. The second-order valence-corrected chi connectivity index (χ2v) is 3.89. The number of hydrogen-bond acceptors (Lipinski definition) is 2. The Balaban J connectivity index is 2.71. The van der Waals surface area contributed by atoms with Crippen LogP contribution in [0.25, 0.3) is 6.08 Å². The van der Waals surface area contributed by atoms with E-state index in [-0.39, 0.29) is 5.78 Å². The number of methoxy groups -OCH3 is 1. The lowest BCUT2D eigenvalue weighted by molar-refractivity contribution is -0.116. The molecule has 0 bridgehead atoms. The summed E-state index contributed by atoms with van der Waals surface area (Å²) in [6, 6.07) is 6.05. The maximum atomic E-state index is 10.8. The van der Waals surface area contributed by atoms with Crippen molar-refractivity contribution in [1.82, 2.24) is 0 Å². The zero-order valence-electron chi connectivity index (χ0n) is 10.1. The summed E-state index contributed by atoms with van der Waals surface area (Å²) in [5.41, 5.74) is 2.26. The van der Waals surface area contributed by atoms with Crippen molar-refractivity contribution in [2.45, 2.75) is 26.7 Å². The number of carbonyl (C=O) groups is 1. The van der Waals surface area contributed by atoms with Crippen molar-refractivity contribution < 1.29 is 9.53 Å². The normalized spacial score (nSPS) is 10.7. The van der Waals surface area contributed by atoms with Crippen molar-refractivity contribution >= 4 is 11.9 Å². The number of rotatable bonds is 5. The highest BCUT2D eigenvalue weighted by molar-refractivity contribution is 5.75. The number of aryl methyl sites for hydroxylation is 1. The molecule has 0 radical (unpaired) electrons. The maximum absolute atomic E-state index is 10.8. The van der Waals surface area contributed by atoms with Crippen molar-refractivity contribution in [1.29, 1.82) is 0 Å². The van der Waals surface area contributed by atoms with Gasteiger partial charge in [-0.25, -0.2) is 0 Å². The van der Waals surface area contributed by atoms with E-state index < -0.39 is 0 Å². The van der Waals surface area contributed by atoms with Crippen LogP contribution in [0.5, 0.6) is 5.75 Å². The highest BCUT2D eigenvalue weighted by Crippen LogP contribution is 2.21. The fourth-order valence-electron chi connectivity index (χ4n) is 1.48. The molecule has 0 aliphatic heterocycles. The lowest BCUT2D eigenvalue weighted by atomic mass is 10.1. The molecule has 2 nitrogen and oxygen atoms in total. The zero-order chi connectivity index (χ0) is 12.0. The Hall–Kier alpha value is -1.57. The van der Waals surface area contributed by atoms with Crippen molar-refractivity contribution in [2.24, 2.45) is 0 Å². The van der Waals surface area contributed by atoms with Crippen LogP contribution in [-0.4, -0.2) is 12.9 Å². The number of benzene rings is 1. The summed E-state index contributed by atoms with van der Waals surface area (Å²) >= 11 is 0. The van der Waals surface area contributed by atoms with E-state index in [0.717, 1.165) is 17.7 Å². The highest BCUT2D eigenvalue weighted by atomic mass is 16.5. The average molecular weight is 218 g/mol. The minimum Gasteiger partial charge on any atom is -0.496 e. The number of hydrogen-bond donors (Lipinski definition) is 0. The van der Waals surface area contributed by atoms with E-state index in [0.29, 0.717) is 6.42 Å². The molecule has 0 saturated carbocycles. The fourth-order valence-corrected chi connectivity index (χ4v) is 1.48. The first-order valence-corrected chi connectivity index (χ1v) is 5.44. The van der Waals surface area contributed by atoms with Gasteiger partial charge in [0, 0.05) is 12.0 Å². The van der Waals surface area contributed by atoms with Gasteiger partial charge in [0.15, 0.2) is 0 Å². The van der Waals surface area contributed by atoms with Gasteiger partial charge < -0.3 is 9.53 Å². The van der Waals surface area contributed by atoms with Crippen LogP contribution in [0.3, 0.4) is 0 Å². The van der Waals surface area contributed by atoms with Gasteiger partial charge in [0.25, 0.3) is 0 Å². The van der Waals surface area contributed by atoms with E-state index in [2.05, 4.69) is 6.07 Å². The van der Waals surface area contributed by atoms with Crippen LogP contribution in [-0.2, 0) is 4.79 Å². The molecular weight excluding hydrogens is 200 g/mol. The number of allylic oxidation sites excluding steroid dienone is 1. The molecule has 0 amide bonds. The van der Waals surface area contributed by atoms with Crippen molar-refractivity contribution in [3.8, 4) is 5.75 Å². The Bertz CT molecular complexity index is 392. The summed E-state index contributed by atoms with van der Waals surface area (Å²) in [5.74, 6) is 1.09. The molecule has 86 valence electrons. The second kappa shape index (κ2) is 6.11. The predicted molar refractivity (Wildman–Crippen MR) is 66.7 cm³/mol. The van der Waals surface area contributed by atoms with Gasteiger partial charge in [0.05, 0.1) is 7.11 Å². The third-order valence-corrected chi connectivity index (χ3v) is 2.35. The summed E-state index contributed by atoms with van der Waals surface area (Å²) in [6.45, 7) is 3.66. The molecule has 1 aromatic rings. The van der Waals surface area contributed by atoms with Crippen LogP contribution >= 0.6 is 0 Å². The van der Waals surface area contributed by atoms with Gasteiger partial charge >= 0.3 is 0 Å². The van der Waals surface area contributed by atoms with Gasteiger partial charge in [-0.15, -0.1) is 0 Å². The van der Waals surface area contributed by atoms with Crippen LogP contribution in [0.4, 0.5) is 0 Å². The molecule has 0 unspecified atom stereocenters. The highest BCUT2D eigenvalue weighted by Gasteiger charge is 1.98. The maximum Gasteiger partial charge on any atom is 0.130 e. The van der Waals surface area contributed by atoms with Crippen LogP contribution in [0.1, 0.15) is 30.9 Å². The second-order valence-electron chi connectivity index (χ2n) is 3.89. The molecule has 0 saturated heterocycles. The largest absolute Gasteiger partial charge is 0.496 e. The third-order valence-electron chi connectivity index (χ3n) is 2.35. The first-order valence-electron chi connectivity index (χ1n) is 5.44. The summed E-state index contributed by atoms with van der Waals surface area (Å²) in [4.78, 5) is 10.8. The minimum absolute atomic E-state index is 0.223. The number of ether oxygens (including phenoxy) is 1. The van der Waals surface area contributed by atoms with Gasteiger partial charge in [-0.05, 0) is 32.4 Å². The van der Waals surface area contributed by atoms with Crippen LogP contribution < -0.4 is 4.74 Å². The number of ketones is 1. The third kappa shape index (κ3) is 3.89. The van der Waals surface area contributed by atoms with E-state index >= 15 is 0 Å². The van der Waals surface area contributed by atoms with E-state index in [1.807, 2.05) is 31.2 Å². The monoisotopic (exact) mass is 218 g/mol. The SMILES string of the molecule is COc1ccc(C)cc1/C=C/CCC(C)=O. The van der Waals surface area contributed by atoms with E-state index in [4.69, 9.17) is 4.74 Å². The van der Waals surface area contributed by atoms with Gasteiger partial charge in [-0.3, -0.25) is 0 Å². The molecule has 1 aromatic carbocycles. The number of carbonyl (C=O) groups excluding carboxylic acids is 1. The standard InChI is InChI=1S/C14H18O2/c1-11-8-9-14(16-3)13(10-11)7-5-4-6-12(2)15/h5,7-10H,4,6H2,1-3H3/b7-5+. The van der Waals surface area contributed by atoms with Gasteiger partial charge in [0.2, 0.25) is 0 Å². The van der Waals surface area contributed by atoms with E-state index in [1.165, 1.54) is 5.56 Å². The first-order chi connectivity index (χ1) is 7.63. The van der Waals surface area contributed by atoms with Gasteiger partial charge in [-0.2, -0.15) is 0 Å². The molecule has 0 aliphatic carbocycles. The Morgan fingerprint density at radius 1 is 1.44 bits per heavy atom. The summed E-state index contributed by atoms with van der Waals surface area (Å²) in [7, 11) is 1.66. The molecule has 0 spiro atoms. The fraction of sp³-hybridized carbons (Fsp3) is 0.357. The summed E-state index contributed by atoms with van der Waals surface area (Å²) < 4.78 is 5.26. The predicted octanol–water partition coefficient (Wildman–Crippen LogP) is 3.39. The van der Waals surface area contributed by atoms with Gasteiger partial charge in [0.1, 0.15) is 11.5 Å². The Morgan fingerprint density at radius 2 is 2.19 bits per heavy atom. The van der Waals surface area contributed by atoms with Crippen LogP contribution in [0, 0.1) is 6.92 Å². The molecule has 16 heavy (non-hydrogen) atoms. The van der Waals surface area contributed by atoms with Crippen molar-refractivity contribution in [2.75, 3.05) is 7.11 Å². The Kier molecular flexibility index (Phi) is 4.77. The summed E-state index contributed by atoms with van der Waals surface area (Å²) in [6.07, 6.45) is 5.41. The molecule has 0 fully saturated rings. The Morgan fingerprint density at radius 3 is 2.81 bits per heavy atom. The smallest absolute Gasteiger partial charge is 0.130 e. The molecule has 0 aromatic heterocycles. The topological polar surface area (TPSA) is 26.3 Å². The first kappa shape index (κ1) is 12.5. The van der Waals surface area contributed by atoms with E-state index in [9.17, 15) is 4.79 Å². The molecule has 0 aliphatic rings. The zero-order valence-corrected chi connectivity index (χ0v) is 10.1. The Labute approximate surface area is 96.9 Å². The molecule has 0 atom stereocenters.